The van der Waals surface area contributed by atoms with Crippen molar-refractivity contribution in [3.63, 3.8) is 0 Å². The molecular weight excluding hydrogens is 273 g/mol. The van der Waals surface area contributed by atoms with E-state index in [4.69, 9.17) is 9.47 Å². The quantitative estimate of drug-likeness (QED) is 0.917. The summed E-state index contributed by atoms with van der Waals surface area (Å²) in [5.41, 5.74) is 1.03. The van der Waals surface area contributed by atoms with Gasteiger partial charge >= 0.3 is 0 Å². The van der Waals surface area contributed by atoms with E-state index >= 15 is 0 Å². The first-order chi connectivity index (χ1) is 10.1. The molecule has 6 heteroatoms. The fourth-order valence-corrected chi connectivity index (χ4v) is 1.95. The number of aromatic nitrogens is 2. The average molecular weight is 291 g/mol. The van der Waals surface area contributed by atoms with E-state index in [9.17, 15) is 4.39 Å². The van der Waals surface area contributed by atoms with Crippen LogP contribution in [-0.4, -0.2) is 30.7 Å². The lowest BCUT2D eigenvalue weighted by Crippen LogP contribution is -2.07. The molecule has 0 saturated carbocycles. The van der Waals surface area contributed by atoms with Crippen LogP contribution in [0.15, 0.2) is 18.2 Å². The van der Waals surface area contributed by atoms with Gasteiger partial charge in [0.15, 0.2) is 29.0 Å². The van der Waals surface area contributed by atoms with Crippen molar-refractivity contribution in [2.24, 2.45) is 0 Å². The fraction of sp³-hybridized carbons (Fsp3) is 0.333. The molecule has 1 aromatic carbocycles. The monoisotopic (exact) mass is 291 g/mol. The van der Waals surface area contributed by atoms with Gasteiger partial charge in [-0.15, -0.1) is 0 Å². The summed E-state index contributed by atoms with van der Waals surface area (Å²) in [6.45, 7) is 4.08. The molecule has 1 N–H and O–H groups in total. The number of halogens is 1. The van der Waals surface area contributed by atoms with Crippen LogP contribution in [0.5, 0.6) is 11.5 Å². The summed E-state index contributed by atoms with van der Waals surface area (Å²) >= 11 is 0. The van der Waals surface area contributed by atoms with Gasteiger partial charge in [-0.05, 0) is 32.0 Å². The molecule has 0 aliphatic rings. The number of benzene rings is 1. The molecule has 1 heterocycles. The molecule has 0 atom stereocenters. The molecule has 0 fully saturated rings. The van der Waals surface area contributed by atoms with Gasteiger partial charge in [-0.3, -0.25) is 0 Å². The standard InChI is InChI=1S/C15H18FN3O2/c1-5-17-15-13(16)9(2)18-14(19-15)10-6-7-11(20-3)12(8-10)21-4/h6-8H,5H2,1-4H3,(H,17,18,19). The predicted molar refractivity (Wildman–Crippen MR) is 79.4 cm³/mol. The van der Waals surface area contributed by atoms with Crippen molar-refractivity contribution in [2.75, 3.05) is 26.1 Å². The zero-order valence-electron chi connectivity index (χ0n) is 12.5. The molecule has 21 heavy (non-hydrogen) atoms. The Hall–Kier alpha value is -2.37. The predicted octanol–water partition coefficient (Wildman–Crippen LogP) is 3.04. The molecule has 1 aromatic heterocycles. The maximum atomic E-state index is 13.9. The maximum Gasteiger partial charge on any atom is 0.186 e. The summed E-state index contributed by atoms with van der Waals surface area (Å²) in [5.74, 6) is 1.40. The second-order valence-electron chi connectivity index (χ2n) is 4.40. The molecule has 0 amide bonds. The van der Waals surface area contributed by atoms with Crippen molar-refractivity contribution in [3.8, 4) is 22.9 Å². The number of anilines is 1. The van der Waals surface area contributed by atoms with Gasteiger partial charge in [-0.1, -0.05) is 0 Å². The first kappa shape index (κ1) is 15.0. The van der Waals surface area contributed by atoms with Gasteiger partial charge < -0.3 is 14.8 Å². The normalized spacial score (nSPS) is 10.3. The molecule has 2 aromatic rings. The van der Waals surface area contributed by atoms with E-state index in [2.05, 4.69) is 15.3 Å². The molecule has 5 nitrogen and oxygen atoms in total. The van der Waals surface area contributed by atoms with E-state index in [1.54, 1.807) is 33.3 Å². The van der Waals surface area contributed by atoms with Crippen molar-refractivity contribution in [3.05, 3.63) is 29.7 Å². The Morgan fingerprint density at radius 3 is 2.48 bits per heavy atom. The Balaban J connectivity index is 2.51. The largest absolute Gasteiger partial charge is 0.493 e. The summed E-state index contributed by atoms with van der Waals surface area (Å²) in [7, 11) is 3.13. The van der Waals surface area contributed by atoms with Gasteiger partial charge in [0.05, 0.1) is 19.9 Å². The minimum Gasteiger partial charge on any atom is -0.493 e. The molecule has 0 aliphatic carbocycles. The second kappa shape index (κ2) is 6.39. The number of hydrogen-bond donors (Lipinski definition) is 1. The van der Waals surface area contributed by atoms with Crippen molar-refractivity contribution in [2.45, 2.75) is 13.8 Å². The highest BCUT2D eigenvalue weighted by Gasteiger charge is 2.14. The van der Waals surface area contributed by atoms with Crippen molar-refractivity contribution in [1.82, 2.24) is 9.97 Å². The van der Waals surface area contributed by atoms with Crippen LogP contribution in [-0.2, 0) is 0 Å². The lowest BCUT2D eigenvalue weighted by Gasteiger charge is -2.11. The van der Waals surface area contributed by atoms with Crippen LogP contribution in [0.1, 0.15) is 12.6 Å². The van der Waals surface area contributed by atoms with Crippen LogP contribution in [0.3, 0.4) is 0 Å². The smallest absolute Gasteiger partial charge is 0.186 e. The van der Waals surface area contributed by atoms with Crippen LogP contribution in [0.4, 0.5) is 10.2 Å². The Morgan fingerprint density at radius 2 is 1.86 bits per heavy atom. The lowest BCUT2D eigenvalue weighted by molar-refractivity contribution is 0.355. The van der Waals surface area contributed by atoms with Crippen LogP contribution in [0.25, 0.3) is 11.4 Å². The van der Waals surface area contributed by atoms with E-state index in [1.165, 1.54) is 0 Å². The van der Waals surface area contributed by atoms with Crippen LogP contribution in [0.2, 0.25) is 0 Å². The molecule has 0 radical (unpaired) electrons. The summed E-state index contributed by atoms with van der Waals surface area (Å²) in [6, 6.07) is 5.34. The van der Waals surface area contributed by atoms with Crippen LogP contribution < -0.4 is 14.8 Å². The van der Waals surface area contributed by atoms with E-state index in [0.717, 1.165) is 5.56 Å². The van der Waals surface area contributed by atoms with Gasteiger partial charge in [-0.25, -0.2) is 14.4 Å². The maximum absolute atomic E-state index is 13.9. The summed E-state index contributed by atoms with van der Waals surface area (Å²) in [4.78, 5) is 8.42. The minimum absolute atomic E-state index is 0.204. The van der Waals surface area contributed by atoms with Crippen molar-refractivity contribution < 1.29 is 13.9 Å². The number of nitrogens with one attached hydrogen (secondary N) is 1. The molecule has 0 aliphatic heterocycles. The number of hydrogen-bond acceptors (Lipinski definition) is 5. The third-order valence-corrected chi connectivity index (χ3v) is 3.00. The van der Waals surface area contributed by atoms with Gasteiger partial charge in [-0.2, -0.15) is 0 Å². The number of aryl methyl sites for hydroxylation is 1. The second-order valence-corrected chi connectivity index (χ2v) is 4.40. The van der Waals surface area contributed by atoms with Crippen LogP contribution in [0, 0.1) is 12.7 Å². The molecule has 2 rings (SSSR count). The summed E-state index contributed by atoms with van der Waals surface area (Å²) < 4.78 is 24.4. The number of nitrogens with zero attached hydrogens (tertiary/aromatic N) is 2. The highest BCUT2D eigenvalue weighted by molar-refractivity contribution is 5.62. The Labute approximate surface area is 123 Å². The summed E-state index contributed by atoms with van der Waals surface area (Å²) in [5, 5.41) is 2.90. The van der Waals surface area contributed by atoms with Crippen molar-refractivity contribution >= 4 is 5.82 Å². The first-order valence-corrected chi connectivity index (χ1v) is 6.61. The average Bonchev–Trinajstić information content (AvgIpc) is 2.51. The topological polar surface area (TPSA) is 56.3 Å². The third-order valence-electron chi connectivity index (χ3n) is 3.00. The zero-order chi connectivity index (χ0) is 15.4. The van der Waals surface area contributed by atoms with E-state index in [-0.39, 0.29) is 5.82 Å². The molecular formula is C15H18FN3O2. The van der Waals surface area contributed by atoms with Gasteiger partial charge in [0.1, 0.15) is 0 Å². The van der Waals surface area contributed by atoms with Gasteiger partial charge in [0, 0.05) is 12.1 Å². The van der Waals surface area contributed by atoms with E-state index < -0.39 is 5.82 Å². The fourth-order valence-electron chi connectivity index (χ4n) is 1.95. The Bertz CT molecular complexity index is 647. The third kappa shape index (κ3) is 3.04. The van der Waals surface area contributed by atoms with Crippen LogP contribution >= 0.6 is 0 Å². The van der Waals surface area contributed by atoms with E-state index in [1.807, 2.05) is 13.0 Å². The summed E-state index contributed by atoms with van der Waals surface area (Å²) in [6.07, 6.45) is 0. The van der Waals surface area contributed by atoms with E-state index in [0.29, 0.717) is 29.6 Å². The van der Waals surface area contributed by atoms with Crippen molar-refractivity contribution in [1.29, 1.82) is 0 Å². The molecule has 112 valence electrons. The van der Waals surface area contributed by atoms with Gasteiger partial charge in [0.2, 0.25) is 0 Å². The lowest BCUT2D eigenvalue weighted by atomic mass is 10.2. The molecule has 0 spiro atoms. The molecule has 0 saturated heterocycles. The Kier molecular flexibility index (Phi) is 4.57. The number of rotatable bonds is 5. The molecule has 0 unspecified atom stereocenters. The SMILES string of the molecule is CCNc1nc(-c2ccc(OC)c(OC)c2)nc(C)c1F. The number of methoxy groups -OCH3 is 2. The molecule has 0 bridgehead atoms. The highest BCUT2D eigenvalue weighted by atomic mass is 19.1. The minimum atomic E-state index is -0.430. The number of ether oxygens (including phenoxy) is 2. The first-order valence-electron chi connectivity index (χ1n) is 6.61. The zero-order valence-corrected chi connectivity index (χ0v) is 12.5. The Morgan fingerprint density at radius 1 is 1.14 bits per heavy atom. The highest BCUT2D eigenvalue weighted by Crippen LogP contribution is 2.31. The van der Waals surface area contributed by atoms with Gasteiger partial charge in [0.25, 0.3) is 0 Å².